The van der Waals surface area contributed by atoms with Gasteiger partial charge in [0.05, 0.1) is 18.2 Å². The Kier molecular flexibility index (Phi) is 5.94. The minimum atomic E-state index is -4.03. The van der Waals surface area contributed by atoms with Crippen molar-refractivity contribution in [1.82, 2.24) is 4.72 Å². The summed E-state index contributed by atoms with van der Waals surface area (Å²) in [5.74, 6) is -1.03. The molecule has 0 fully saturated rings. The van der Waals surface area contributed by atoms with E-state index >= 15 is 0 Å². The second-order valence-electron chi connectivity index (χ2n) is 4.22. The van der Waals surface area contributed by atoms with Crippen molar-refractivity contribution in [1.29, 1.82) is 0 Å². The highest BCUT2D eigenvalue weighted by Gasteiger charge is 2.21. The molecule has 0 aromatic heterocycles. The number of sulfonamides is 1. The van der Waals surface area contributed by atoms with Gasteiger partial charge in [0.15, 0.2) is 5.82 Å². The molecule has 1 aromatic carbocycles. The van der Waals surface area contributed by atoms with Crippen LogP contribution in [0.2, 0.25) is 5.02 Å². The summed E-state index contributed by atoms with van der Waals surface area (Å²) in [7, 11) is -4.03. The van der Waals surface area contributed by atoms with Gasteiger partial charge in [-0.15, -0.1) is 0 Å². The van der Waals surface area contributed by atoms with E-state index in [0.29, 0.717) is 6.61 Å². The number of hydrogen-bond donors (Lipinski definition) is 2. The average molecular weight is 323 g/mol. The van der Waals surface area contributed by atoms with Gasteiger partial charge in [-0.2, -0.15) is 0 Å². The van der Waals surface area contributed by atoms with Crippen LogP contribution in [0.25, 0.3) is 0 Å². The predicted molar refractivity (Wildman–Crippen MR) is 76.6 cm³/mol. The van der Waals surface area contributed by atoms with Crippen LogP contribution in [-0.2, 0) is 14.8 Å². The van der Waals surface area contributed by atoms with E-state index < -0.39 is 20.7 Å². The SMILES string of the molecule is C=C(C)COCCNS(=O)(=O)c1cc(N)cc(Cl)c1F. The number of nitrogens with one attached hydrogen (secondary N) is 1. The first kappa shape index (κ1) is 16.9. The molecule has 0 saturated carbocycles. The number of hydrogen-bond acceptors (Lipinski definition) is 4. The summed E-state index contributed by atoms with van der Waals surface area (Å²) < 4.78 is 44.9. The number of halogens is 2. The molecule has 0 aliphatic rings. The van der Waals surface area contributed by atoms with E-state index in [9.17, 15) is 12.8 Å². The highest BCUT2D eigenvalue weighted by Crippen LogP contribution is 2.25. The number of anilines is 1. The molecule has 0 heterocycles. The van der Waals surface area contributed by atoms with Crippen molar-refractivity contribution >= 4 is 27.3 Å². The first-order valence-electron chi connectivity index (χ1n) is 5.70. The molecule has 0 unspecified atom stereocenters. The Bertz CT molecular complexity index is 605. The molecule has 0 spiro atoms. The first-order chi connectivity index (χ1) is 9.24. The Labute approximate surface area is 122 Å². The molecule has 5 nitrogen and oxygen atoms in total. The maximum absolute atomic E-state index is 13.7. The predicted octanol–water partition coefficient (Wildman–Crippen LogP) is 1.93. The summed E-state index contributed by atoms with van der Waals surface area (Å²) in [6.45, 7) is 5.90. The number of nitrogens with two attached hydrogens (primary N) is 1. The van der Waals surface area contributed by atoms with E-state index in [2.05, 4.69) is 11.3 Å². The van der Waals surface area contributed by atoms with Crippen LogP contribution >= 0.6 is 11.6 Å². The second kappa shape index (κ2) is 7.03. The molecule has 0 atom stereocenters. The van der Waals surface area contributed by atoms with Gasteiger partial charge in [-0.1, -0.05) is 23.8 Å². The summed E-state index contributed by atoms with van der Waals surface area (Å²) in [5.41, 5.74) is 6.34. The molecule has 0 bridgehead atoms. The van der Waals surface area contributed by atoms with Crippen LogP contribution in [0.15, 0.2) is 29.2 Å². The van der Waals surface area contributed by atoms with Crippen LogP contribution in [-0.4, -0.2) is 28.2 Å². The summed E-state index contributed by atoms with van der Waals surface area (Å²) in [5, 5.41) is -0.344. The summed E-state index contributed by atoms with van der Waals surface area (Å²) in [4.78, 5) is -0.581. The minimum Gasteiger partial charge on any atom is -0.399 e. The molecule has 0 aliphatic carbocycles. The zero-order chi connectivity index (χ0) is 15.3. The normalized spacial score (nSPS) is 11.6. The molecule has 3 N–H and O–H groups in total. The zero-order valence-electron chi connectivity index (χ0n) is 10.9. The molecule has 0 amide bonds. The van der Waals surface area contributed by atoms with E-state index in [0.717, 1.165) is 17.7 Å². The molecule has 0 saturated heterocycles. The van der Waals surface area contributed by atoms with Crippen LogP contribution in [0.3, 0.4) is 0 Å². The molecule has 112 valence electrons. The molecule has 0 radical (unpaired) electrons. The van der Waals surface area contributed by atoms with E-state index in [1.165, 1.54) is 0 Å². The lowest BCUT2D eigenvalue weighted by molar-refractivity contribution is 0.162. The molecular weight excluding hydrogens is 307 g/mol. The van der Waals surface area contributed by atoms with Gasteiger partial charge in [0.2, 0.25) is 10.0 Å². The number of ether oxygens (including phenoxy) is 1. The van der Waals surface area contributed by atoms with Crippen molar-refractivity contribution in [2.75, 3.05) is 25.5 Å². The quantitative estimate of drug-likeness (QED) is 0.456. The van der Waals surface area contributed by atoms with E-state index in [-0.39, 0.29) is 23.9 Å². The standard InChI is InChI=1S/C12H16ClFN2O3S/c1-8(2)7-19-4-3-16-20(17,18)11-6-9(15)5-10(13)12(11)14/h5-6,16H,1,3-4,7,15H2,2H3. The summed E-state index contributed by atoms with van der Waals surface area (Å²) in [6, 6.07) is 2.16. The smallest absolute Gasteiger partial charge is 0.243 e. The van der Waals surface area contributed by atoms with Gasteiger partial charge < -0.3 is 10.5 Å². The Morgan fingerprint density at radius 2 is 2.20 bits per heavy atom. The van der Waals surface area contributed by atoms with Gasteiger partial charge in [0, 0.05) is 12.2 Å². The molecule has 1 aromatic rings. The van der Waals surface area contributed by atoms with Crippen molar-refractivity contribution in [3.63, 3.8) is 0 Å². The molecule has 1 rings (SSSR count). The topological polar surface area (TPSA) is 81.4 Å². The van der Waals surface area contributed by atoms with Gasteiger partial charge in [0.1, 0.15) is 4.90 Å². The fourth-order valence-electron chi connectivity index (χ4n) is 1.35. The van der Waals surface area contributed by atoms with Crippen LogP contribution in [0.4, 0.5) is 10.1 Å². The van der Waals surface area contributed by atoms with E-state index in [4.69, 9.17) is 22.1 Å². The Morgan fingerprint density at radius 3 is 2.80 bits per heavy atom. The van der Waals surface area contributed by atoms with E-state index in [1.54, 1.807) is 6.92 Å². The number of nitrogen functional groups attached to an aromatic ring is 1. The summed E-state index contributed by atoms with van der Waals surface area (Å²) >= 11 is 5.56. The van der Waals surface area contributed by atoms with Crippen molar-refractivity contribution in [3.8, 4) is 0 Å². The maximum Gasteiger partial charge on any atom is 0.243 e. The Hall–Kier alpha value is -1.15. The Morgan fingerprint density at radius 1 is 1.55 bits per heavy atom. The lowest BCUT2D eigenvalue weighted by Crippen LogP contribution is -2.28. The lowest BCUT2D eigenvalue weighted by atomic mass is 10.3. The number of benzene rings is 1. The van der Waals surface area contributed by atoms with Crippen molar-refractivity contribution in [2.24, 2.45) is 0 Å². The molecule has 20 heavy (non-hydrogen) atoms. The molecule has 8 heteroatoms. The first-order valence-corrected chi connectivity index (χ1v) is 7.56. The van der Waals surface area contributed by atoms with Crippen molar-refractivity contribution in [2.45, 2.75) is 11.8 Å². The van der Waals surface area contributed by atoms with Gasteiger partial charge in [-0.3, -0.25) is 0 Å². The van der Waals surface area contributed by atoms with Gasteiger partial charge in [-0.25, -0.2) is 17.5 Å². The van der Waals surface area contributed by atoms with Gasteiger partial charge in [-0.05, 0) is 19.1 Å². The zero-order valence-corrected chi connectivity index (χ0v) is 12.5. The largest absolute Gasteiger partial charge is 0.399 e. The monoisotopic (exact) mass is 322 g/mol. The fourth-order valence-corrected chi connectivity index (χ4v) is 2.78. The molecular formula is C12H16ClFN2O3S. The van der Waals surface area contributed by atoms with Gasteiger partial charge in [0.25, 0.3) is 0 Å². The van der Waals surface area contributed by atoms with Crippen LogP contribution in [0, 0.1) is 5.82 Å². The van der Waals surface area contributed by atoms with Gasteiger partial charge >= 0.3 is 0 Å². The van der Waals surface area contributed by atoms with Crippen molar-refractivity contribution in [3.05, 3.63) is 35.1 Å². The lowest BCUT2D eigenvalue weighted by Gasteiger charge is -2.10. The van der Waals surface area contributed by atoms with E-state index in [1.807, 2.05) is 0 Å². The number of rotatable bonds is 7. The highest BCUT2D eigenvalue weighted by atomic mass is 35.5. The maximum atomic E-state index is 13.7. The van der Waals surface area contributed by atoms with Crippen LogP contribution in [0.1, 0.15) is 6.92 Å². The third kappa shape index (κ3) is 4.75. The third-order valence-electron chi connectivity index (χ3n) is 2.19. The highest BCUT2D eigenvalue weighted by molar-refractivity contribution is 7.89. The van der Waals surface area contributed by atoms with Crippen LogP contribution in [0.5, 0.6) is 0 Å². The summed E-state index contributed by atoms with van der Waals surface area (Å²) in [6.07, 6.45) is 0. The third-order valence-corrected chi connectivity index (χ3v) is 3.93. The average Bonchev–Trinajstić information content (AvgIpc) is 2.32. The minimum absolute atomic E-state index is 0.00146. The Balaban J connectivity index is 2.72. The molecule has 0 aliphatic heterocycles. The fraction of sp³-hybridized carbons (Fsp3) is 0.333. The second-order valence-corrected chi connectivity index (χ2v) is 6.36. The van der Waals surface area contributed by atoms with Crippen LogP contribution < -0.4 is 10.5 Å². The van der Waals surface area contributed by atoms with Crippen molar-refractivity contribution < 1.29 is 17.5 Å².